The maximum absolute atomic E-state index is 12.0. The van der Waals surface area contributed by atoms with Crippen molar-refractivity contribution in [1.29, 1.82) is 0 Å². The fourth-order valence-corrected chi connectivity index (χ4v) is 3.10. The van der Waals surface area contributed by atoms with Crippen LogP contribution in [0.3, 0.4) is 0 Å². The van der Waals surface area contributed by atoms with Gasteiger partial charge in [-0.05, 0) is 35.9 Å². The molecule has 0 bridgehead atoms. The number of carbonyl (C=O) groups excluding carboxylic acids is 1. The summed E-state index contributed by atoms with van der Waals surface area (Å²) in [6.07, 6.45) is 5.63. The standard InChI is InChI=1S/C19H18N2O2S/c22-19(8-10-24-17-5-2-1-3-6-17)21-13-15-11-16(14-20-12-15)18-7-4-9-23-18/h1-7,9,11-12,14H,8,10,13H2,(H,21,22). The third kappa shape index (κ3) is 4.73. The smallest absolute Gasteiger partial charge is 0.221 e. The lowest BCUT2D eigenvalue weighted by Crippen LogP contribution is -2.23. The molecule has 0 fully saturated rings. The zero-order valence-corrected chi connectivity index (χ0v) is 14.0. The van der Waals surface area contributed by atoms with E-state index in [1.165, 1.54) is 4.90 Å². The number of nitrogens with one attached hydrogen (secondary N) is 1. The predicted molar refractivity (Wildman–Crippen MR) is 95.6 cm³/mol. The van der Waals surface area contributed by atoms with E-state index in [0.717, 1.165) is 22.6 Å². The summed E-state index contributed by atoms with van der Waals surface area (Å²) in [4.78, 5) is 17.3. The van der Waals surface area contributed by atoms with Gasteiger partial charge in [0, 0.05) is 41.6 Å². The molecule has 0 unspecified atom stereocenters. The van der Waals surface area contributed by atoms with Crippen LogP contribution in [0.5, 0.6) is 0 Å². The van der Waals surface area contributed by atoms with Gasteiger partial charge in [0.25, 0.3) is 0 Å². The van der Waals surface area contributed by atoms with E-state index in [9.17, 15) is 4.79 Å². The minimum atomic E-state index is 0.0434. The van der Waals surface area contributed by atoms with Gasteiger partial charge in [-0.2, -0.15) is 0 Å². The first kappa shape index (κ1) is 16.3. The van der Waals surface area contributed by atoms with Crippen molar-refractivity contribution in [2.75, 3.05) is 5.75 Å². The summed E-state index contributed by atoms with van der Waals surface area (Å²) in [5.74, 6) is 1.58. The Hall–Kier alpha value is -2.53. The van der Waals surface area contributed by atoms with Crippen molar-refractivity contribution in [3.05, 3.63) is 72.8 Å². The van der Waals surface area contributed by atoms with Gasteiger partial charge in [0.15, 0.2) is 0 Å². The zero-order chi connectivity index (χ0) is 16.6. The summed E-state index contributed by atoms with van der Waals surface area (Å²) < 4.78 is 5.37. The molecule has 3 aromatic rings. The van der Waals surface area contributed by atoms with E-state index in [-0.39, 0.29) is 5.91 Å². The zero-order valence-electron chi connectivity index (χ0n) is 13.1. The lowest BCUT2D eigenvalue weighted by Gasteiger charge is -2.06. The summed E-state index contributed by atoms with van der Waals surface area (Å²) in [6.45, 7) is 0.469. The molecule has 0 spiro atoms. The average molecular weight is 338 g/mol. The molecule has 4 nitrogen and oxygen atoms in total. The number of pyridine rings is 1. The predicted octanol–water partition coefficient (Wildman–Crippen LogP) is 4.14. The third-order valence-electron chi connectivity index (χ3n) is 3.43. The molecule has 24 heavy (non-hydrogen) atoms. The van der Waals surface area contributed by atoms with Gasteiger partial charge in [0.1, 0.15) is 5.76 Å². The SMILES string of the molecule is O=C(CCSc1ccccc1)NCc1cncc(-c2ccco2)c1. The van der Waals surface area contributed by atoms with Crippen molar-refractivity contribution in [2.45, 2.75) is 17.9 Å². The van der Waals surface area contributed by atoms with Gasteiger partial charge in [-0.25, -0.2) is 0 Å². The van der Waals surface area contributed by atoms with Crippen LogP contribution in [0.25, 0.3) is 11.3 Å². The summed E-state index contributed by atoms with van der Waals surface area (Å²) in [7, 11) is 0. The molecule has 0 aliphatic carbocycles. The van der Waals surface area contributed by atoms with E-state index in [2.05, 4.69) is 10.3 Å². The Morgan fingerprint density at radius 1 is 1.12 bits per heavy atom. The Balaban J connectivity index is 1.45. The molecule has 2 aromatic heterocycles. The Morgan fingerprint density at radius 3 is 2.79 bits per heavy atom. The maximum atomic E-state index is 12.0. The number of hydrogen-bond acceptors (Lipinski definition) is 4. The Bertz CT molecular complexity index is 773. The van der Waals surface area contributed by atoms with Crippen LogP contribution in [0, 0.1) is 0 Å². The van der Waals surface area contributed by atoms with Crippen LogP contribution in [-0.4, -0.2) is 16.6 Å². The molecule has 0 aliphatic rings. The van der Waals surface area contributed by atoms with E-state index < -0.39 is 0 Å². The molecule has 0 saturated carbocycles. The minimum absolute atomic E-state index is 0.0434. The normalized spacial score (nSPS) is 10.5. The number of hydrogen-bond donors (Lipinski definition) is 1. The van der Waals surface area contributed by atoms with E-state index >= 15 is 0 Å². The second kappa shape index (κ2) is 8.36. The highest BCUT2D eigenvalue weighted by Gasteiger charge is 2.05. The molecule has 5 heteroatoms. The van der Waals surface area contributed by atoms with Crippen molar-refractivity contribution >= 4 is 17.7 Å². The van der Waals surface area contributed by atoms with E-state index in [1.54, 1.807) is 30.4 Å². The molecule has 2 heterocycles. The van der Waals surface area contributed by atoms with E-state index in [0.29, 0.717) is 13.0 Å². The van der Waals surface area contributed by atoms with Crippen molar-refractivity contribution < 1.29 is 9.21 Å². The summed E-state index contributed by atoms with van der Waals surface area (Å²) in [6, 6.07) is 15.8. The summed E-state index contributed by atoms with van der Waals surface area (Å²) in [5.41, 5.74) is 1.86. The van der Waals surface area contributed by atoms with Gasteiger partial charge < -0.3 is 9.73 Å². The van der Waals surface area contributed by atoms with Crippen LogP contribution >= 0.6 is 11.8 Å². The number of carbonyl (C=O) groups is 1. The van der Waals surface area contributed by atoms with Crippen LogP contribution in [-0.2, 0) is 11.3 Å². The fraction of sp³-hybridized carbons (Fsp3) is 0.158. The molecule has 0 saturated heterocycles. The van der Waals surface area contributed by atoms with Gasteiger partial charge in [-0.15, -0.1) is 11.8 Å². The third-order valence-corrected chi connectivity index (χ3v) is 4.45. The molecule has 1 amide bonds. The van der Waals surface area contributed by atoms with Crippen LogP contribution in [0.1, 0.15) is 12.0 Å². The molecule has 1 N–H and O–H groups in total. The Kier molecular flexibility index (Phi) is 5.69. The largest absolute Gasteiger partial charge is 0.464 e. The quantitative estimate of drug-likeness (QED) is 0.658. The van der Waals surface area contributed by atoms with Gasteiger partial charge in [-0.1, -0.05) is 18.2 Å². The highest BCUT2D eigenvalue weighted by atomic mass is 32.2. The molecular formula is C19H18N2O2S. The van der Waals surface area contributed by atoms with Crippen LogP contribution in [0.4, 0.5) is 0 Å². The fourth-order valence-electron chi connectivity index (χ4n) is 2.23. The molecule has 0 aliphatic heterocycles. The van der Waals surface area contributed by atoms with Crippen molar-refractivity contribution in [1.82, 2.24) is 10.3 Å². The molecule has 122 valence electrons. The van der Waals surface area contributed by atoms with Gasteiger partial charge >= 0.3 is 0 Å². The number of rotatable bonds is 7. The lowest BCUT2D eigenvalue weighted by atomic mass is 10.1. The van der Waals surface area contributed by atoms with Gasteiger partial charge in [0.05, 0.1) is 6.26 Å². The van der Waals surface area contributed by atoms with Crippen molar-refractivity contribution in [2.24, 2.45) is 0 Å². The second-order valence-electron chi connectivity index (χ2n) is 5.25. The molecule has 0 atom stereocenters. The summed E-state index contributed by atoms with van der Waals surface area (Å²) in [5, 5.41) is 2.93. The van der Waals surface area contributed by atoms with Crippen molar-refractivity contribution in [3.63, 3.8) is 0 Å². The average Bonchev–Trinajstić information content (AvgIpc) is 3.16. The number of thioether (sulfide) groups is 1. The van der Waals surface area contributed by atoms with E-state index in [4.69, 9.17) is 4.42 Å². The molecular weight excluding hydrogens is 320 g/mol. The van der Waals surface area contributed by atoms with Crippen LogP contribution < -0.4 is 5.32 Å². The number of benzene rings is 1. The molecule has 0 radical (unpaired) electrons. The minimum Gasteiger partial charge on any atom is -0.464 e. The highest BCUT2D eigenvalue weighted by molar-refractivity contribution is 7.99. The van der Waals surface area contributed by atoms with Crippen LogP contribution in [0.15, 0.2) is 76.5 Å². The first-order valence-electron chi connectivity index (χ1n) is 7.73. The number of furan rings is 1. The number of aromatic nitrogens is 1. The Labute approximate surface area is 145 Å². The summed E-state index contributed by atoms with van der Waals surface area (Å²) >= 11 is 1.69. The van der Waals surface area contributed by atoms with E-state index in [1.807, 2.05) is 48.5 Å². The Morgan fingerprint density at radius 2 is 2.00 bits per heavy atom. The number of nitrogens with zero attached hydrogens (tertiary/aromatic N) is 1. The second-order valence-corrected chi connectivity index (χ2v) is 6.42. The molecule has 3 rings (SSSR count). The van der Waals surface area contributed by atoms with Gasteiger partial charge in [-0.3, -0.25) is 9.78 Å². The maximum Gasteiger partial charge on any atom is 0.221 e. The topological polar surface area (TPSA) is 55.1 Å². The first-order valence-corrected chi connectivity index (χ1v) is 8.72. The highest BCUT2D eigenvalue weighted by Crippen LogP contribution is 2.20. The van der Waals surface area contributed by atoms with Crippen LogP contribution in [0.2, 0.25) is 0 Å². The lowest BCUT2D eigenvalue weighted by molar-refractivity contribution is -0.120. The number of amides is 1. The monoisotopic (exact) mass is 338 g/mol. The van der Waals surface area contributed by atoms with Crippen molar-refractivity contribution in [3.8, 4) is 11.3 Å². The first-order chi connectivity index (χ1) is 11.8. The molecule has 1 aromatic carbocycles. The van der Waals surface area contributed by atoms with Gasteiger partial charge in [0.2, 0.25) is 5.91 Å².